The van der Waals surface area contributed by atoms with Crippen LogP contribution < -0.4 is 10.2 Å². The molecule has 1 fully saturated rings. The lowest BCUT2D eigenvalue weighted by Crippen LogP contribution is -2.48. The van der Waals surface area contributed by atoms with E-state index >= 15 is 0 Å². The van der Waals surface area contributed by atoms with Crippen molar-refractivity contribution >= 4 is 17.4 Å². The number of hydrogen-bond acceptors (Lipinski definition) is 6. The van der Waals surface area contributed by atoms with Crippen LogP contribution in [0.3, 0.4) is 0 Å². The number of hydrogen-bond donors (Lipinski definition) is 1. The van der Waals surface area contributed by atoms with Gasteiger partial charge in [-0.25, -0.2) is 4.98 Å². The molecule has 1 aromatic carbocycles. The lowest BCUT2D eigenvalue weighted by atomic mass is 10.1. The molecule has 1 saturated heterocycles. The van der Waals surface area contributed by atoms with E-state index in [1.165, 1.54) is 12.1 Å². The Hall–Kier alpha value is -3.00. The largest absolute Gasteiger partial charge is 0.354 e. The number of pyridine rings is 1. The average Bonchev–Trinajstić information content (AvgIpc) is 2.68. The van der Waals surface area contributed by atoms with Crippen molar-refractivity contribution in [2.75, 3.05) is 44.2 Å². The van der Waals surface area contributed by atoms with Gasteiger partial charge in [0.1, 0.15) is 5.82 Å². The fraction of sp³-hybridized carbons (Fsp3) is 0.368. The summed E-state index contributed by atoms with van der Waals surface area (Å²) < 4.78 is 0. The van der Waals surface area contributed by atoms with Gasteiger partial charge in [0.15, 0.2) is 0 Å². The quantitative estimate of drug-likeness (QED) is 0.617. The second-order valence-corrected chi connectivity index (χ2v) is 6.53. The van der Waals surface area contributed by atoms with E-state index in [4.69, 9.17) is 0 Å². The van der Waals surface area contributed by atoms with Gasteiger partial charge in [0.2, 0.25) is 0 Å². The predicted octanol–water partition coefficient (Wildman–Crippen LogP) is 1.85. The Kier molecular flexibility index (Phi) is 5.97. The van der Waals surface area contributed by atoms with Crippen LogP contribution in [0, 0.1) is 17.0 Å². The Morgan fingerprint density at radius 1 is 1.22 bits per heavy atom. The van der Waals surface area contributed by atoms with Crippen LogP contribution in [-0.2, 0) is 0 Å². The fourth-order valence-corrected chi connectivity index (χ4v) is 3.17. The van der Waals surface area contributed by atoms with E-state index in [0.717, 1.165) is 38.5 Å². The molecule has 0 spiro atoms. The molecule has 2 aromatic rings. The number of carbonyl (C=O) groups is 1. The molecular weight excluding hydrogens is 346 g/mol. The van der Waals surface area contributed by atoms with Crippen molar-refractivity contribution in [3.05, 3.63) is 63.8 Å². The van der Waals surface area contributed by atoms with Crippen LogP contribution in [0.15, 0.2) is 42.6 Å². The molecule has 1 aromatic heterocycles. The number of carbonyl (C=O) groups excluding carboxylic acids is 1. The molecule has 0 aliphatic carbocycles. The van der Waals surface area contributed by atoms with Crippen molar-refractivity contribution in [3.8, 4) is 0 Å². The van der Waals surface area contributed by atoms with Crippen LogP contribution in [0.2, 0.25) is 0 Å². The molecule has 0 atom stereocenters. The maximum atomic E-state index is 12.2. The van der Waals surface area contributed by atoms with Gasteiger partial charge in [0, 0.05) is 62.7 Å². The number of nitro groups is 1. The minimum atomic E-state index is -0.443. The molecule has 8 heteroatoms. The zero-order valence-corrected chi connectivity index (χ0v) is 15.3. The Morgan fingerprint density at radius 2 is 2.00 bits per heavy atom. The standard InChI is InChI=1S/C19H23N5O3/c1-15-14-16(5-6-17(15)24(26)27)19(25)21-8-9-22-10-12-23(13-11-22)18-4-2-3-7-20-18/h2-7,14H,8-13H2,1H3,(H,21,25). The monoisotopic (exact) mass is 369 g/mol. The Balaban J connectivity index is 1.43. The molecule has 2 heterocycles. The summed E-state index contributed by atoms with van der Waals surface area (Å²) in [6, 6.07) is 10.3. The molecule has 1 N–H and O–H groups in total. The van der Waals surface area contributed by atoms with Crippen molar-refractivity contribution in [1.82, 2.24) is 15.2 Å². The topological polar surface area (TPSA) is 91.6 Å². The summed E-state index contributed by atoms with van der Waals surface area (Å²) >= 11 is 0. The number of nitrogens with zero attached hydrogens (tertiary/aromatic N) is 4. The molecule has 0 unspecified atom stereocenters. The molecule has 0 bridgehead atoms. The number of aryl methyl sites for hydroxylation is 1. The van der Waals surface area contributed by atoms with Crippen molar-refractivity contribution in [1.29, 1.82) is 0 Å². The zero-order valence-electron chi connectivity index (χ0n) is 15.3. The predicted molar refractivity (Wildman–Crippen MR) is 103 cm³/mol. The molecule has 0 saturated carbocycles. The third kappa shape index (κ3) is 4.79. The van der Waals surface area contributed by atoms with Crippen LogP contribution in [0.5, 0.6) is 0 Å². The summed E-state index contributed by atoms with van der Waals surface area (Å²) in [6.07, 6.45) is 1.80. The molecule has 142 valence electrons. The van der Waals surface area contributed by atoms with Crippen LogP contribution in [0.25, 0.3) is 0 Å². The summed E-state index contributed by atoms with van der Waals surface area (Å²) in [6.45, 7) is 6.60. The van der Waals surface area contributed by atoms with Gasteiger partial charge < -0.3 is 10.2 Å². The minimum absolute atomic E-state index is 0.0253. The zero-order chi connectivity index (χ0) is 19.2. The van der Waals surface area contributed by atoms with Crippen LogP contribution in [-0.4, -0.2) is 60.0 Å². The van der Waals surface area contributed by atoms with E-state index in [2.05, 4.69) is 20.1 Å². The summed E-state index contributed by atoms with van der Waals surface area (Å²) in [5.74, 6) is 0.791. The number of rotatable bonds is 6. The smallest absolute Gasteiger partial charge is 0.272 e. The Morgan fingerprint density at radius 3 is 2.63 bits per heavy atom. The number of aromatic nitrogens is 1. The van der Waals surface area contributed by atoms with Crippen LogP contribution >= 0.6 is 0 Å². The first kappa shape index (κ1) is 18.8. The first-order valence-corrected chi connectivity index (χ1v) is 8.96. The molecule has 3 rings (SSSR count). The number of nitro benzene ring substituents is 1. The summed E-state index contributed by atoms with van der Waals surface area (Å²) in [5.41, 5.74) is 0.952. The van der Waals surface area contributed by atoms with E-state index in [1.54, 1.807) is 19.2 Å². The van der Waals surface area contributed by atoms with E-state index in [0.29, 0.717) is 17.7 Å². The normalized spacial score (nSPS) is 14.8. The summed E-state index contributed by atoms with van der Waals surface area (Å²) in [7, 11) is 0. The van der Waals surface area contributed by atoms with Crippen molar-refractivity contribution in [3.63, 3.8) is 0 Å². The summed E-state index contributed by atoms with van der Waals surface area (Å²) in [4.78, 5) is 31.6. The summed E-state index contributed by atoms with van der Waals surface area (Å²) in [5, 5.41) is 13.7. The van der Waals surface area contributed by atoms with Crippen LogP contribution in [0.1, 0.15) is 15.9 Å². The number of nitrogens with one attached hydrogen (secondary N) is 1. The van der Waals surface area contributed by atoms with Gasteiger partial charge in [0.25, 0.3) is 11.6 Å². The maximum absolute atomic E-state index is 12.2. The van der Waals surface area contributed by atoms with Gasteiger partial charge in [-0.3, -0.25) is 19.8 Å². The molecular formula is C19H23N5O3. The molecule has 1 amide bonds. The number of piperazine rings is 1. The highest BCUT2D eigenvalue weighted by Crippen LogP contribution is 2.18. The molecule has 8 nitrogen and oxygen atoms in total. The van der Waals surface area contributed by atoms with Gasteiger partial charge >= 0.3 is 0 Å². The molecule has 0 radical (unpaired) electrons. The highest BCUT2D eigenvalue weighted by molar-refractivity contribution is 5.94. The van der Waals surface area contributed by atoms with Gasteiger partial charge in [0.05, 0.1) is 4.92 Å². The molecule has 1 aliphatic rings. The van der Waals surface area contributed by atoms with E-state index in [9.17, 15) is 14.9 Å². The van der Waals surface area contributed by atoms with Gasteiger partial charge in [-0.1, -0.05) is 6.07 Å². The molecule has 1 aliphatic heterocycles. The van der Waals surface area contributed by atoms with Crippen molar-refractivity contribution in [2.24, 2.45) is 0 Å². The van der Waals surface area contributed by atoms with Gasteiger partial charge in [-0.05, 0) is 31.2 Å². The van der Waals surface area contributed by atoms with E-state index in [-0.39, 0.29) is 11.6 Å². The third-order valence-electron chi connectivity index (χ3n) is 4.71. The maximum Gasteiger partial charge on any atom is 0.272 e. The Bertz CT molecular complexity index is 804. The lowest BCUT2D eigenvalue weighted by Gasteiger charge is -2.35. The van der Waals surface area contributed by atoms with E-state index in [1.807, 2.05) is 18.2 Å². The second-order valence-electron chi connectivity index (χ2n) is 6.53. The van der Waals surface area contributed by atoms with Gasteiger partial charge in [-0.2, -0.15) is 0 Å². The SMILES string of the molecule is Cc1cc(C(=O)NCCN2CCN(c3ccccn3)CC2)ccc1[N+](=O)[O-]. The fourth-order valence-electron chi connectivity index (χ4n) is 3.17. The first-order valence-electron chi connectivity index (χ1n) is 8.96. The number of benzene rings is 1. The average molecular weight is 369 g/mol. The minimum Gasteiger partial charge on any atom is -0.354 e. The van der Waals surface area contributed by atoms with Crippen LogP contribution in [0.4, 0.5) is 11.5 Å². The van der Waals surface area contributed by atoms with Crippen molar-refractivity contribution < 1.29 is 9.72 Å². The number of amides is 1. The van der Waals surface area contributed by atoms with E-state index < -0.39 is 4.92 Å². The molecule has 27 heavy (non-hydrogen) atoms. The third-order valence-corrected chi connectivity index (χ3v) is 4.71. The highest BCUT2D eigenvalue weighted by atomic mass is 16.6. The lowest BCUT2D eigenvalue weighted by molar-refractivity contribution is -0.385. The second kappa shape index (κ2) is 8.59. The Labute approximate surface area is 158 Å². The van der Waals surface area contributed by atoms with Crippen molar-refractivity contribution in [2.45, 2.75) is 6.92 Å². The highest BCUT2D eigenvalue weighted by Gasteiger charge is 2.18. The first-order chi connectivity index (χ1) is 13.0. The van der Waals surface area contributed by atoms with Gasteiger partial charge in [-0.15, -0.1) is 0 Å². The number of anilines is 1.